The molecule has 0 saturated heterocycles. The van der Waals surface area contributed by atoms with Gasteiger partial charge in [-0.3, -0.25) is 0 Å². The molecule has 0 radical (unpaired) electrons. The van der Waals surface area contributed by atoms with E-state index in [0.29, 0.717) is 39.6 Å². The number of imidazole rings is 1. The van der Waals surface area contributed by atoms with Gasteiger partial charge in [-0.15, -0.1) is 0 Å². The van der Waals surface area contributed by atoms with Crippen LogP contribution in [0.15, 0.2) is 35.3 Å². The van der Waals surface area contributed by atoms with Crippen molar-refractivity contribution >= 4 is 24.3 Å². The predicted molar refractivity (Wildman–Crippen MR) is 108 cm³/mol. The number of benzene rings is 1. The van der Waals surface area contributed by atoms with Crippen LogP contribution in [-0.2, 0) is 0 Å². The first kappa shape index (κ1) is 17.2. The van der Waals surface area contributed by atoms with E-state index in [0.717, 1.165) is 18.4 Å². The highest BCUT2D eigenvalue weighted by molar-refractivity contribution is 5.66. The van der Waals surface area contributed by atoms with Crippen LogP contribution in [0.5, 0.6) is 11.8 Å². The van der Waals surface area contributed by atoms with Gasteiger partial charge in [0.15, 0.2) is 5.65 Å². The number of aromatic nitrogens is 6. The molecule has 0 aliphatic heterocycles. The van der Waals surface area contributed by atoms with Crippen molar-refractivity contribution in [3.05, 3.63) is 62.8 Å². The van der Waals surface area contributed by atoms with E-state index < -0.39 is 0 Å². The molecule has 3 aromatic heterocycles. The second-order valence-corrected chi connectivity index (χ2v) is 7.11. The van der Waals surface area contributed by atoms with Gasteiger partial charge in [-0.2, -0.15) is 19.6 Å². The molecule has 3 heterocycles. The Morgan fingerprint density at radius 1 is 1.24 bits per heavy atom. The third-order valence-corrected chi connectivity index (χ3v) is 4.65. The zero-order valence-electron chi connectivity index (χ0n) is 15.8. The number of aryl methyl sites for hydroxylation is 1. The Balaban J connectivity index is 1.63. The number of hydrogen-bond acceptors (Lipinski definition) is 6. The van der Waals surface area contributed by atoms with E-state index >= 15 is 0 Å². The van der Waals surface area contributed by atoms with Gasteiger partial charge in [0.1, 0.15) is 5.75 Å². The molecule has 0 atom stereocenters. The first-order valence-corrected chi connectivity index (χ1v) is 9.31. The minimum absolute atomic E-state index is 0.220. The lowest BCUT2D eigenvalue weighted by atomic mass is 10.2. The van der Waals surface area contributed by atoms with Crippen LogP contribution in [0.1, 0.15) is 24.0 Å². The van der Waals surface area contributed by atoms with Gasteiger partial charge in [0.05, 0.1) is 16.9 Å². The van der Waals surface area contributed by atoms with Gasteiger partial charge in [0.2, 0.25) is 5.95 Å². The molecule has 0 unspecified atom stereocenters. The largest absolute Gasteiger partial charge is 0.424 e. The standard InChI is InChI=1S/C20H19N7O2/c1-11-3-7-15(8-4-11)29-20-25-17-13(9-16-12(2)22-19(28)24-16)10-21-27(17)18(26-20)23-14-5-6-14/h3-4,7-10,14H,2,5-6H2,1H3,(H2,22,24,28)(H,23,25,26)/b16-9-. The molecule has 9 heteroatoms. The lowest BCUT2D eigenvalue weighted by Gasteiger charge is -2.09. The summed E-state index contributed by atoms with van der Waals surface area (Å²) in [4.78, 5) is 25.9. The van der Waals surface area contributed by atoms with Crippen LogP contribution in [0.4, 0.5) is 5.95 Å². The Kier molecular flexibility index (Phi) is 3.94. The Morgan fingerprint density at radius 3 is 2.72 bits per heavy atom. The van der Waals surface area contributed by atoms with Crippen LogP contribution in [0.2, 0.25) is 0 Å². The van der Waals surface area contributed by atoms with Crippen molar-refractivity contribution in [2.45, 2.75) is 25.8 Å². The molecule has 4 aromatic rings. The first-order valence-electron chi connectivity index (χ1n) is 9.31. The summed E-state index contributed by atoms with van der Waals surface area (Å²) in [5, 5.41) is 8.84. The Hall–Kier alpha value is -3.88. The molecular weight excluding hydrogens is 370 g/mol. The Bertz CT molecular complexity index is 1360. The van der Waals surface area contributed by atoms with Crippen molar-refractivity contribution in [1.82, 2.24) is 29.5 Å². The van der Waals surface area contributed by atoms with Gasteiger partial charge in [-0.25, -0.2) is 4.79 Å². The molecular formula is C20H19N7O2. The lowest BCUT2D eigenvalue weighted by Crippen LogP contribution is -2.22. The summed E-state index contributed by atoms with van der Waals surface area (Å²) in [5.41, 5.74) is 2.10. The van der Waals surface area contributed by atoms with Gasteiger partial charge >= 0.3 is 11.7 Å². The summed E-state index contributed by atoms with van der Waals surface area (Å²) < 4.78 is 7.53. The number of nitrogens with zero attached hydrogens (tertiary/aromatic N) is 4. The molecule has 9 nitrogen and oxygen atoms in total. The van der Waals surface area contributed by atoms with E-state index in [4.69, 9.17) is 4.74 Å². The number of aromatic amines is 2. The number of nitrogens with one attached hydrogen (secondary N) is 3. The minimum Gasteiger partial charge on any atom is -0.424 e. The van der Waals surface area contributed by atoms with Crippen molar-refractivity contribution in [2.75, 3.05) is 5.32 Å². The molecule has 29 heavy (non-hydrogen) atoms. The Labute approximate surface area is 164 Å². The first-order chi connectivity index (χ1) is 14.0. The maximum Gasteiger partial charge on any atom is 0.327 e. The van der Waals surface area contributed by atoms with Crippen molar-refractivity contribution in [1.29, 1.82) is 0 Å². The fourth-order valence-electron chi connectivity index (χ4n) is 2.95. The maximum atomic E-state index is 11.5. The fourth-order valence-corrected chi connectivity index (χ4v) is 2.95. The number of ether oxygens (including phenoxy) is 1. The van der Waals surface area contributed by atoms with E-state index in [1.807, 2.05) is 31.2 Å². The highest BCUT2D eigenvalue weighted by Crippen LogP contribution is 2.27. The molecule has 1 saturated carbocycles. The number of H-pyrrole nitrogens is 2. The van der Waals surface area contributed by atoms with E-state index in [2.05, 4.69) is 36.9 Å². The van der Waals surface area contributed by atoms with Gasteiger partial charge in [0.25, 0.3) is 0 Å². The molecule has 1 fully saturated rings. The van der Waals surface area contributed by atoms with E-state index in [9.17, 15) is 4.79 Å². The van der Waals surface area contributed by atoms with Crippen molar-refractivity contribution in [2.24, 2.45) is 0 Å². The summed E-state index contributed by atoms with van der Waals surface area (Å²) in [6, 6.07) is 8.28. The molecule has 1 aliphatic carbocycles. The van der Waals surface area contributed by atoms with Crippen LogP contribution < -0.4 is 26.4 Å². The molecule has 1 aliphatic rings. The lowest BCUT2D eigenvalue weighted by molar-refractivity contribution is 0.441. The van der Waals surface area contributed by atoms with Gasteiger partial charge in [-0.05, 0) is 38.0 Å². The molecule has 0 bridgehead atoms. The van der Waals surface area contributed by atoms with E-state index in [-0.39, 0.29) is 11.7 Å². The third kappa shape index (κ3) is 3.49. The van der Waals surface area contributed by atoms with Crippen molar-refractivity contribution in [3.63, 3.8) is 0 Å². The van der Waals surface area contributed by atoms with Gasteiger partial charge < -0.3 is 20.0 Å². The summed E-state index contributed by atoms with van der Waals surface area (Å²) in [5.74, 6) is 1.22. The number of rotatable bonds is 5. The van der Waals surface area contributed by atoms with Crippen LogP contribution >= 0.6 is 0 Å². The summed E-state index contributed by atoms with van der Waals surface area (Å²) in [6.45, 7) is 5.85. The van der Waals surface area contributed by atoms with Crippen molar-refractivity contribution < 1.29 is 4.74 Å². The van der Waals surface area contributed by atoms with Crippen LogP contribution in [0.25, 0.3) is 18.3 Å². The second kappa shape index (κ2) is 6.62. The quantitative estimate of drug-likeness (QED) is 0.470. The molecule has 0 amide bonds. The van der Waals surface area contributed by atoms with E-state index in [1.165, 1.54) is 0 Å². The summed E-state index contributed by atoms with van der Waals surface area (Å²) in [6.07, 6.45) is 5.62. The van der Waals surface area contributed by atoms with Gasteiger partial charge in [0, 0.05) is 11.6 Å². The summed E-state index contributed by atoms with van der Waals surface area (Å²) >= 11 is 0. The molecule has 0 spiro atoms. The molecule has 5 rings (SSSR count). The average Bonchev–Trinajstić information content (AvgIpc) is 3.33. The monoisotopic (exact) mass is 389 g/mol. The van der Waals surface area contributed by atoms with Gasteiger partial charge in [-0.1, -0.05) is 24.3 Å². The number of fused-ring (bicyclic) bond motifs is 1. The van der Waals surface area contributed by atoms with Crippen LogP contribution in [0.3, 0.4) is 0 Å². The smallest absolute Gasteiger partial charge is 0.327 e. The molecule has 3 N–H and O–H groups in total. The maximum absolute atomic E-state index is 11.5. The molecule has 146 valence electrons. The third-order valence-electron chi connectivity index (χ3n) is 4.65. The molecule has 1 aromatic carbocycles. The van der Waals surface area contributed by atoms with Crippen molar-refractivity contribution in [3.8, 4) is 11.8 Å². The zero-order chi connectivity index (χ0) is 20.0. The number of anilines is 1. The highest BCUT2D eigenvalue weighted by atomic mass is 16.5. The Morgan fingerprint density at radius 2 is 2.03 bits per heavy atom. The predicted octanol–water partition coefficient (Wildman–Crippen LogP) is 1.05. The minimum atomic E-state index is -0.313. The highest BCUT2D eigenvalue weighted by Gasteiger charge is 2.24. The fraction of sp³-hybridized carbons (Fsp3) is 0.200. The zero-order valence-corrected chi connectivity index (χ0v) is 15.8. The number of hydrogen-bond donors (Lipinski definition) is 3. The van der Waals surface area contributed by atoms with E-state index in [1.54, 1.807) is 16.8 Å². The van der Waals surface area contributed by atoms with Crippen LogP contribution in [0, 0.1) is 6.92 Å². The van der Waals surface area contributed by atoms with Crippen LogP contribution in [-0.4, -0.2) is 35.6 Å². The normalized spacial score (nSPS) is 14.4. The SMILES string of the molecule is C=c1[nH]c(=O)[nH]/c1=C\c1cnn2c(NC3CC3)nc(Oc3ccc(C)cc3)nc12. The topological polar surface area (TPSA) is 113 Å². The average molecular weight is 389 g/mol. The summed E-state index contributed by atoms with van der Waals surface area (Å²) in [7, 11) is 0. The second-order valence-electron chi connectivity index (χ2n) is 7.11.